The van der Waals surface area contributed by atoms with E-state index < -0.39 is 0 Å². The van der Waals surface area contributed by atoms with Crippen molar-refractivity contribution in [1.82, 2.24) is 0 Å². The van der Waals surface area contributed by atoms with Crippen LogP contribution in [-0.4, -0.2) is 7.05 Å². The van der Waals surface area contributed by atoms with Crippen molar-refractivity contribution in [2.45, 2.75) is 323 Å². The summed E-state index contributed by atoms with van der Waals surface area (Å²) in [6.45, 7) is 39.2. The second kappa shape index (κ2) is 26.0. The molecule has 1 N–H and O–H groups in total. The molecule has 0 radical (unpaired) electrons. The number of nitrogens with one attached hydrogen (secondary N) is 1. The molecule has 5 aromatic carbocycles. The van der Waals surface area contributed by atoms with Gasteiger partial charge in [-0.25, -0.2) is 0 Å². The first-order chi connectivity index (χ1) is 40.4. The molecule has 2 heteroatoms. The van der Waals surface area contributed by atoms with Crippen LogP contribution in [-0.2, 0) is 32.5 Å². The highest BCUT2D eigenvalue weighted by Gasteiger charge is 2.58. The van der Waals surface area contributed by atoms with Gasteiger partial charge in [-0.05, 0) is 186 Å². The lowest BCUT2D eigenvalue weighted by molar-refractivity contribution is 0.125. The summed E-state index contributed by atoms with van der Waals surface area (Å²) in [6.07, 6.45) is 36.7. The zero-order chi connectivity index (χ0) is 61.2. The minimum atomic E-state index is -0.0462. The lowest BCUT2D eigenvalue weighted by atomic mass is 9.59. The van der Waals surface area contributed by atoms with Gasteiger partial charge in [0.1, 0.15) is 0 Å². The van der Waals surface area contributed by atoms with Gasteiger partial charge in [-0.2, -0.15) is 0 Å². The largest absolute Gasteiger partial charge is 0.356 e. The highest BCUT2D eigenvalue weighted by Crippen LogP contribution is 2.65. The van der Waals surface area contributed by atoms with E-state index in [1.54, 1.807) is 33.4 Å². The normalized spacial score (nSPS) is 18.6. The van der Waals surface area contributed by atoms with E-state index >= 15 is 0 Å². The third-order valence-electron chi connectivity index (χ3n) is 25.7. The molecule has 9 rings (SSSR count). The molecule has 0 bridgehead atoms. The number of unbranched alkanes of at least 4 members (excludes halogenated alkanes) is 20. The Morgan fingerprint density at radius 2 is 0.565 bits per heavy atom. The smallest absolute Gasteiger partial charge is 0.0411 e. The topological polar surface area (TPSA) is 15.3 Å². The maximum atomic E-state index is 4.10. The van der Waals surface area contributed by atoms with E-state index in [9.17, 15) is 0 Å². The lowest BCUT2D eigenvalue weighted by Gasteiger charge is -2.44. The van der Waals surface area contributed by atoms with E-state index in [2.05, 4.69) is 213 Å². The molecule has 0 spiro atoms. The van der Waals surface area contributed by atoms with Crippen molar-refractivity contribution in [1.29, 1.82) is 0 Å². The predicted molar refractivity (Wildman–Crippen MR) is 375 cm³/mol. The second-order valence-corrected chi connectivity index (χ2v) is 31.6. The Hall–Kier alpha value is -4.30. The highest BCUT2D eigenvalue weighted by molar-refractivity contribution is 5.92. The number of hydrogen-bond acceptors (Lipinski definition) is 2. The Balaban J connectivity index is 1.20. The predicted octanol–water partition coefficient (Wildman–Crippen LogP) is 25.9. The van der Waals surface area contributed by atoms with Crippen LogP contribution in [0, 0.1) is 10.8 Å². The van der Waals surface area contributed by atoms with E-state index in [0.717, 1.165) is 0 Å². The third kappa shape index (κ3) is 11.6. The first-order valence-electron chi connectivity index (χ1n) is 35.7. The average molecular weight is 1150 g/mol. The van der Waals surface area contributed by atoms with Crippen LogP contribution in [0.15, 0.2) is 84.9 Å². The Labute approximate surface area is 522 Å². The number of anilines is 4. The van der Waals surface area contributed by atoms with E-state index in [1.807, 2.05) is 0 Å². The van der Waals surface area contributed by atoms with Gasteiger partial charge in [0.05, 0.1) is 0 Å². The van der Waals surface area contributed by atoms with Crippen LogP contribution >= 0.6 is 0 Å². The molecule has 0 amide bonds. The van der Waals surface area contributed by atoms with Crippen LogP contribution in [0.3, 0.4) is 0 Å². The fraction of sp³-hybridized carbons (Fsp3) is 0.639. The molecule has 4 aliphatic rings. The molecule has 0 saturated carbocycles. The first kappa shape index (κ1) is 65.2. The molecule has 2 nitrogen and oxygen atoms in total. The quantitative estimate of drug-likeness (QED) is 0.0432. The molecule has 464 valence electrons. The number of fused-ring (bicyclic) bond motifs is 8. The van der Waals surface area contributed by atoms with Crippen LogP contribution in [0.25, 0.3) is 22.3 Å². The lowest BCUT2D eigenvalue weighted by Crippen LogP contribution is -2.42. The SMILES string of the molecule is CCCCCCCCC1(CCCCCCCC)c2cc(Nc3ccc4c(c3)C(C)(C)C(C)(C)C4(C)C)ccc2-c2cc3c(cc21)-c1ccc(N(C)c2ccc4c(c2)C(C)(C)C(C)(C)C4(C)C)cc1C3(CCCCCCCC)CCCCCCCC. The van der Waals surface area contributed by atoms with Crippen LogP contribution in [0.1, 0.15) is 335 Å². The van der Waals surface area contributed by atoms with Gasteiger partial charge in [0, 0.05) is 40.6 Å². The molecule has 0 fully saturated rings. The van der Waals surface area contributed by atoms with Crippen LogP contribution in [0.5, 0.6) is 0 Å². The molecule has 0 unspecified atom stereocenters. The van der Waals surface area contributed by atoms with E-state index in [0.29, 0.717) is 0 Å². The monoisotopic (exact) mass is 1150 g/mol. The molecule has 0 heterocycles. The summed E-state index contributed by atoms with van der Waals surface area (Å²) in [5.41, 5.74) is 24.2. The van der Waals surface area contributed by atoms with Crippen molar-refractivity contribution in [3.8, 4) is 22.3 Å². The van der Waals surface area contributed by atoms with Gasteiger partial charge in [-0.3, -0.25) is 0 Å². The van der Waals surface area contributed by atoms with E-state index in [4.69, 9.17) is 0 Å². The summed E-state index contributed by atoms with van der Waals surface area (Å²) in [7, 11) is 2.35. The van der Waals surface area contributed by atoms with Crippen molar-refractivity contribution in [2.75, 3.05) is 17.3 Å². The van der Waals surface area contributed by atoms with Gasteiger partial charge in [-0.15, -0.1) is 0 Å². The van der Waals surface area contributed by atoms with Gasteiger partial charge in [0.25, 0.3) is 0 Å². The van der Waals surface area contributed by atoms with Crippen molar-refractivity contribution in [3.05, 3.63) is 129 Å². The summed E-state index contributed by atoms with van der Waals surface area (Å²) in [5.74, 6) is 0. The summed E-state index contributed by atoms with van der Waals surface area (Å²) in [5, 5.41) is 4.10. The Morgan fingerprint density at radius 1 is 0.282 bits per heavy atom. The molecule has 85 heavy (non-hydrogen) atoms. The van der Waals surface area contributed by atoms with Crippen LogP contribution in [0.4, 0.5) is 22.7 Å². The average Bonchev–Trinajstić information content (AvgIpc) is 1.57. The maximum absolute atomic E-state index is 4.10. The van der Waals surface area contributed by atoms with Crippen molar-refractivity contribution in [2.24, 2.45) is 10.8 Å². The van der Waals surface area contributed by atoms with Gasteiger partial charge in [0.15, 0.2) is 0 Å². The number of hydrogen-bond donors (Lipinski definition) is 1. The van der Waals surface area contributed by atoms with Gasteiger partial charge in [0.2, 0.25) is 0 Å². The number of nitrogens with zero attached hydrogens (tertiary/aromatic N) is 1. The molecule has 0 aromatic heterocycles. The van der Waals surface area contributed by atoms with Gasteiger partial charge < -0.3 is 10.2 Å². The van der Waals surface area contributed by atoms with Crippen molar-refractivity contribution >= 4 is 22.7 Å². The summed E-state index contributed by atoms with van der Waals surface area (Å²) < 4.78 is 0. The highest BCUT2D eigenvalue weighted by atomic mass is 15.1. The summed E-state index contributed by atoms with van der Waals surface area (Å²) >= 11 is 0. The Kier molecular flexibility index (Phi) is 20.0. The number of rotatable bonds is 32. The zero-order valence-electron chi connectivity index (χ0n) is 57.8. The second-order valence-electron chi connectivity index (χ2n) is 31.6. The standard InChI is InChI=1S/C83H122N2/c1-18-22-26-30-34-38-50-82(51-39-35-31-27-23-19-2)70-54-60(84-61-43-48-68-74(55-61)78(9,10)80(13,14)76(68,5)6)42-46-64(70)66-58-73-67(59-72(66)82)65-47-44-62(85(17)63-45-49-69-75(57-63)79(11,12)81(15,16)77(69,7)8)56-71(65)83(73,52-40-36-32-28-24-20-3)53-41-37-33-29-25-21-4/h42-49,54-59,84H,18-41,50-53H2,1-17H3. The molecule has 0 aliphatic heterocycles. The first-order valence-corrected chi connectivity index (χ1v) is 35.7. The Bertz CT molecular complexity index is 3040. The van der Waals surface area contributed by atoms with E-state index in [1.165, 1.54) is 236 Å². The van der Waals surface area contributed by atoms with Crippen LogP contribution < -0.4 is 10.2 Å². The summed E-state index contributed by atoms with van der Waals surface area (Å²) in [6, 6.07) is 36.1. The molecular formula is C83H122N2. The Morgan fingerprint density at radius 3 is 0.976 bits per heavy atom. The fourth-order valence-electron chi connectivity index (χ4n) is 17.6. The number of benzene rings is 5. The molecular weight excluding hydrogens is 1020 g/mol. The molecule has 0 saturated heterocycles. The third-order valence-corrected chi connectivity index (χ3v) is 25.7. The van der Waals surface area contributed by atoms with E-state index in [-0.39, 0.29) is 43.3 Å². The van der Waals surface area contributed by atoms with Crippen LogP contribution in [0.2, 0.25) is 0 Å². The molecule has 4 aliphatic carbocycles. The maximum Gasteiger partial charge on any atom is 0.0411 e. The molecule has 0 atom stereocenters. The summed E-state index contributed by atoms with van der Waals surface area (Å²) in [4.78, 5) is 2.54. The minimum Gasteiger partial charge on any atom is -0.356 e. The fourth-order valence-corrected chi connectivity index (χ4v) is 17.6. The van der Waals surface area contributed by atoms with Crippen molar-refractivity contribution in [3.63, 3.8) is 0 Å². The van der Waals surface area contributed by atoms with Gasteiger partial charge >= 0.3 is 0 Å². The minimum absolute atomic E-state index is 0.0457. The zero-order valence-corrected chi connectivity index (χ0v) is 57.8. The van der Waals surface area contributed by atoms with Crippen molar-refractivity contribution < 1.29 is 0 Å². The molecule has 5 aromatic rings. The van der Waals surface area contributed by atoms with Gasteiger partial charge in [-0.1, -0.05) is 289 Å².